The summed E-state index contributed by atoms with van der Waals surface area (Å²) in [6.45, 7) is 4.89. The molecule has 1 heterocycles. The Labute approximate surface area is 136 Å². The van der Waals surface area contributed by atoms with Crippen LogP contribution in [-0.2, 0) is 19.1 Å². The van der Waals surface area contributed by atoms with Crippen molar-refractivity contribution < 1.29 is 19.1 Å². The largest absolute Gasteiger partial charge is 0.378 e. The van der Waals surface area contributed by atoms with Crippen molar-refractivity contribution in [3.8, 4) is 0 Å². The van der Waals surface area contributed by atoms with E-state index in [0.29, 0.717) is 45.9 Å². The lowest BCUT2D eigenvalue weighted by Gasteiger charge is -2.26. The van der Waals surface area contributed by atoms with E-state index in [2.05, 4.69) is 5.32 Å². The number of hydrogen-bond acceptors (Lipinski definition) is 4. The molecular formula is C17H24N2O4. The molecule has 0 saturated carbocycles. The Morgan fingerprint density at radius 2 is 1.96 bits per heavy atom. The van der Waals surface area contributed by atoms with Gasteiger partial charge >= 0.3 is 11.8 Å². The van der Waals surface area contributed by atoms with Crippen LogP contribution in [-0.4, -0.2) is 56.2 Å². The zero-order valence-corrected chi connectivity index (χ0v) is 13.5. The van der Waals surface area contributed by atoms with Gasteiger partial charge in [0.15, 0.2) is 0 Å². The van der Waals surface area contributed by atoms with E-state index in [0.717, 1.165) is 5.56 Å². The molecule has 0 unspecified atom stereocenters. The first-order valence-electron chi connectivity index (χ1n) is 8.00. The third-order valence-electron chi connectivity index (χ3n) is 3.74. The average molecular weight is 320 g/mol. The van der Waals surface area contributed by atoms with Crippen molar-refractivity contribution in [2.24, 2.45) is 0 Å². The fraction of sp³-hybridized carbons (Fsp3) is 0.529. The van der Waals surface area contributed by atoms with Crippen molar-refractivity contribution in [2.45, 2.75) is 19.4 Å². The van der Waals surface area contributed by atoms with Crippen LogP contribution in [0.3, 0.4) is 0 Å². The molecule has 0 aliphatic carbocycles. The highest BCUT2D eigenvalue weighted by molar-refractivity contribution is 6.35. The molecule has 1 fully saturated rings. The molecule has 1 aromatic rings. The van der Waals surface area contributed by atoms with Gasteiger partial charge in [-0.3, -0.25) is 9.59 Å². The monoisotopic (exact) mass is 320 g/mol. The minimum absolute atomic E-state index is 0.0156. The lowest BCUT2D eigenvalue weighted by molar-refractivity contribution is -0.148. The van der Waals surface area contributed by atoms with E-state index < -0.39 is 11.8 Å². The molecule has 0 bridgehead atoms. The second-order valence-electron chi connectivity index (χ2n) is 5.44. The molecule has 6 nitrogen and oxygen atoms in total. The van der Waals surface area contributed by atoms with Crippen molar-refractivity contribution in [3.05, 3.63) is 35.9 Å². The van der Waals surface area contributed by atoms with Gasteiger partial charge in [0.2, 0.25) is 0 Å². The number of hydrogen-bond donors (Lipinski definition) is 1. The molecule has 2 rings (SSSR count). The van der Waals surface area contributed by atoms with Gasteiger partial charge in [-0.2, -0.15) is 0 Å². The average Bonchev–Trinajstić information content (AvgIpc) is 2.62. The van der Waals surface area contributed by atoms with Gasteiger partial charge in [-0.05, 0) is 18.9 Å². The standard InChI is InChI=1S/C17H24N2O4/c1-14(15-6-3-2-4-7-15)23-11-5-8-18-16(20)17(21)19-9-12-22-13-10-19/h2-4,6-7,14H,5,8-13H2,1H3,(H,18,20)/t14-/m0/s1. The van der Waals surface area contributed by atoms with Crippen LogP contribution in [0.2, 0.25) is 0 Å². The minimum atomic E-state index is -0.553. The van der Waals surface area contributed by atoms with Crippen molar-refractivity contribution in [1.29, 1.82) is 0 Å². The summed E-state index contributed by atoms with van der Waals surface area (Å²) in [4.78, 5) is 25.2. The van der Waals surface area contributed by atoms with Crippen LogP contribution in [0.15, 0.2) is 30.3 Å². The number of nitrogens with zero attached hydrogens (tertiary/aromatic N) is 1. The number of rotatable bonds is 6. The number of carbonyl (C=O) groups is 2. The maximum absolute atomic E-state index is 11.9. The molecule has 126 valence electrons. The SMILES string of the molecule is C[C@H](OCCCNC(=O)C(=O)N1CCOCC1)c1ccccc1. The van der Waals surface area contributed by atoms with Gasteiger partial charge in [-0.15, -0.1) is 0 Å². The van der Waals surface area contributed by atoms with E-state index in [1.54, 1.807) is 0 Å². The van der Waals surface area contributed by atoms with E-state index in [4.69, 9.17) is 9.47 Å². The zero-order chi connectivity index (χ0) is 16.5. The fourth-order valence-corrected chi connectivity index (χ4v) is 2.34. The molecule has 1 aliphatic rings. The number of morpholine rings is 1. The molecular weight excluding hydrogens is 296 g/mol. The van der Waals surface area contributed by atoms with Gasteiger partial charge in [-0.25, -0.2) is 0 Å². The topological polar surface area (TPSA) is 67.9 Å². The van der Waals surface area contributed by atoms with Gasteiger partial charge in [0.05, 0.1) is 19.3 Å². The Morgan fingerprint density at radius 1 is 1.26 bits per heavy atom. The van der Waals surface area contributed by atoms with Gasteiger partial charge in [0.1, 0.15) is 0 Å². The highest BCUT2D eigenvalue weighted by Gasteiger charge is 2.22. The summed E-state index contributed by atoms with van der Waals surface area (Å²) in [6, 6.07) is 9.97. The first-order chi connectivity index (χ1) is 11.2. The van der Waals surface area contributed by atoms with Gasteiger partial charge < -0.3 is 19.7 Å². The number of nitrogens with one attached hydrogen (secondary N) is 1. The molecule has 1 saturated heterocycles. The smallest absolute Gasteiger partial charge is 0.312 e. The summed E-state index contributed by atoms with van der Waals surface area (Å²) in [5.41, 5.74) is 1.12. The number of ether oxygens (including phenoxy) is 2. The summed E-state index contributed by atoms with van der Waals surface area (Å²) in [6.07, 6.45) is 0.682. The van der Waals surface area contributed by atoms with E-state index in [1.807, 2.05) is 37.3 Å². The fourth-order valence-electron chi connectivity index (χ4n) is 2.34. The summed E-state index contributed by atoms with van der Waals surface area (Å²) in [5, 5.41) is 2.64. The zero-order valence-electron chi connectivity index (χ0n) is 13.5. The summed E-state index contributed by atoms with van der Waals surface area (Å²) >= 11 is 0. The maximum atomic E-state index is 11.9. The first-order valence-corrected chi connectivity index (χ1v) is 8.00. The van der Waals surface area contributed by atoms with E-state index >= 15 is 0 Å². The molecule has 2 amide bonds. The van der Waals surface area contributed by atoms with E-state index in [9.17, 15) is 9.59 Å². The maximum Gasteiger partial charge on any atom is 0.312 e. The normalized spacial score (nSPS) is 16.0. The van der Waals surface area contributed by atoms with Gasteiger partial charge in [-0.1, -0.05) is 30.3 Å². The molecule has 0 spiro atoms. The highest BCUT2D eigenvalue weighted by atomic mass is 16.5. The quantitative estimate of drug-likeness (QED) is 0.630. The third-order valence-corrected chi connectivity index (χ3v) is 3.74. The lowest BCUT2D eigenvalue weighted by atomic mass is 10.1. The molecule has 1 aromatic carbocycles. The lowest BCUT2D eigenvalue weighted by Crippen LogP contribution is -2.48. The molecule has 1 aliphatic heterocycles. The Hall–Kier alpha value is -1.92. The Balaban J connectivity index is 1.59. The second kappa shape index (κ2) is 9.27. The van der Waals surface area contributed by atoms with Crippen LogP contribution in [0.5, 0.6) is 0 Å². The van der Waals surface area contributed by atoms with E-state index in [1.165, 1.54) is 4.90 Å². The number of benzene rings is 1. The van der Waals surface area contributed by atoms with Crippen LogP contribution < -0.4 is 5.32 Å². The van der Waals surface area contributed by atoms with Crippen molar-refractivity contribution >= 4 is 11.8 Å². The van der Waals surface area contributed by atoms with Crippen LogP contribution in [0.25, 0.3) is 0 Å². The predicted molar refractivity (Wildman–Crippen MR) is 85.8 cm³/mol. The molecule has 0 aromatic heterocycles. The second-order valence-corrected chi connectivity index (χ2v) is 5.44. The molecule has 1 atom stereocenters. The van der Waals surface area contributed by atoms with Crippen molar-refractivity contribution in [2.75, 3.05) is 39.5 Å². The molecule has 23 heavy (non-hydrogen) atoms. The summed E-state index contributed by atoms with van der Waals surface area (Å²) in [7, 11) is 0. The van der Waals surface area contributed by atoms with Crippen LogP contribution in [0.4, 0.5) is 0 Å². The van der Waals surface area contributed by atoms with Crippen LogP contribution >= 0.6 is 0 Å². The van der Waals surface area contributed by atoms with Gasteiger partial charge in [0.25, 0.3) is 0 Å². The van der Waals surface area contributed by atoms with E-state index in [-0.39, 0.29) is 6.10 Å². The first kappa shape index (κ1) is 17.4. The third kappa shape index (κ3) is 5.65. The predicted octanol–water partition coefficient (Wildman–Crippen LogP) is 1.13. The molecule has 0 radical (unpaired) electrons. The van der Waals surface area contributed by atoms with Crippen molar-refractivity contribution in [3.63, 3.8) is 0 Å². The van der Waals surface area contributed by atoms with Crippen LogP contribution in [0.1, 0.15) is 25.0 Å². The summed E-state index contributed by atoms with van der Waals surface area (Å²) in [5.74, 6) is -1.03. The molecule has 6 heteroatoms. The Morgan fingerprint density at radius 3 is 2.65 bits per heavy atom. The van der Waals surface area contributed by atoms with Crippen LogP contribution in [0, 0.1) is 0 Å². The molecule has 1 N–H and O–H groups in total. The highest BCUT2D eigenvalue weighted by Crippen LogP contribution is 2.15. The number of carbonyl (C=O) groups excluding carboxylic acids is 2. The van der Waals surface area contributed by atoms with Gasteiger partial charge in [0, 0.05) is 26.2 Å². The Bertz CT molecular complexity index is 501. The van der Waals surface area contributed by atoms with Crippen molar-refractivity contribution in [1.82, 2.24) is 10.2 Å². The Kier molecular flexibility index (Phi) is 7.03. The minimum Gasteiger partial charge on any atom is -0.378 e. The summed E-state index contributed by atoms with van der Waals surface area (Å²) < 4.78 is 10.9. The number of amides is 2.